The SMILES string of the molecule is c1ccc2c(c1)Cc1cc3c(cc1-2)Oc1cccc2c1B3c1ccccc1O2. The van der Waals surface area contributed by atoms with Gasteiger partial charge in [0.15, 0.2) is 0 Å². The molecule has 4 aromatic rings. The fourth-order valence-electron chi connectivity index (χ4n) is 5.01. The van der Waals surface area contributed by atoms with Crippen molar-refractivity contribution < 1.29 is 9.47 Å². The monoisotopic (exact) mass is 358 g/mol. The van der Waals surface area contributed by atoms with E-state index in [9.17, 15) is 0 Å². The van der Waals surface area contributed by atoms with Gasteiger partial charge in [0.05, 0.1) is 0 Å². The molecule has 0 fully saturated rings. The molecule has 2 aliphatic heterocycles. The first-order valence-electron chi connectivity index (χ1n) is 9.69. The average Bonchev–Trinajstić information content (AvgIpc) is 3.09. The maximum atomic E-state index is 6.40. The smallest absolute Gasteiger partial charge is 0.260 e. The van der Waals surface area contributed by atoms with Gasteiger partial charge < -0.3 is 9.47 Å². The molecule has 2 heterocycles. The van der Waals surface area contributed by atoms with E-state index in [0.717, 1.165) is 34.9 Å². The van der Waals surface area contributed by atoms with E-state index in [-0.39, 0.29) is 6.71 Å². The van der Waals surface area contributed by atoms with Crippen LogP contribution in [0.15, 0.2) is 78.9 Å². The molecule has 0 amide bonds. The minimum absolute atomic E-state index is 0.147. The van der Waals surface area contributed by atoms with Gasteiger partial charge in [0.1, 0.15) is 23.0 Å². The van der Waals surface area contributed by atoms with Crippen molar-refractivity contribution in [2.45, 2.75) is 6.42 Å². The van der Waals surface area contributed by atoms with E-state index < -0.39 is 0 Å². The van der Waals surface area contributed by atoms with Crippen LogP contribution in [0.25, 0.3) is 11.1 Å². The van der Waals surface area contributed by atoms with E-state index in [2.05, 4.69) is 54.6 Å². The fourth-order valence-corrected chi connectivity index (χ4v) is 5.01. The lowest BCUT2D eigenvalue weighted by Gasteiger charge is -2.33. The molecule has 0 spiro atoms. The van der Waals surface area contributed by atoms with Crippen LogP contribution in [0.2, 0.25) is 0 Å². The molecule has 3 heteroatoms. The Labute approximate surface area is 163 Å². The Balaban J connectivity index is 1.51. The van der Waals surface area contributed by atoms with Gasteiger partial charge in [-0.2, -0.15) is 0 Å². The molecular formula is C25H15BO2. The molecule has 7 rings (SSSR count). The third kappa shape index (κ3) is 1.79. The van der Waals surface area contributed by atoms with Gasteiger partial charge in [-0.3, -0.25) is 0 Å². The second-order valence-electron chi connectivity index (χ2n) is 7.72. The van der Waals surface area contributed by atoms with Crippen LogP contribution in [-0.2, 0) is 6.42 Å². The van der Waals surface area contributed by atoms with Crippen molar-refractivity contribution in [3.8, 4) is 34.1 Å². The first kappa shape index (κ1) is 14.6. The molecule has 1 aliphatic carbocycles. The second kappa shape index (κ2) is 5.08. The predicted molar refractivity (Wildman–Crippen MR) is 112 cm³/mol. The van der Waals surface area contributed by atoms with E-state index in [4.69, 9.17) is 9.47 Å². The van der Waals surface area contributed by atoms with Crippen LogP contribution < -0.4 is 25.9 Å². The predicted octanol–water partition coefficient (Wildman–Crippen LogP) is 3.99. The number of ether oxygens (including phenoxy) is 2. The highest BCUT2D eigenvalue weighted by atomic mass is 16.5. The van der Waals surface area contributed by atoms with Crippen molar-refractivity contribution >= 4 is 23.1 Å². The summed E-state index contributed by atoms with van der Waals surface area (Å²) in [5.41, 5.74) is 9.00. The molecule has 4 aromatic carbocycles. The second-order valence-corrected chi connectivity index (χ2v) is 7.72. The molecule has 130 valence electrons. The molecule has 0 radical (unpaired) electrons. The van der Waals surface area contributed by atoms with Crippen LogP contribution in [0, 0.1) is 0 Å². The molecular weight excluding hydrogens is 343 g/mol. The molecule has 28 heavy (non-hydrogen) atoms. The number of fused-ring (bicyclic) bond motifs is 7. The summed E-state index contributed by atoms with van der Waals surface area (Å²) in [6, 6.07) is 27.7. The molecule has 0 saturated carbocycles. The van der Waals surface area contributed by atoms with Crippen molar-refractivity contribution in [3.63, 3.8) is 0 Å². The third-order valence-corrected chi connectivity index (χ3v) is 6.22. The van der Waals surface area contributed by atoms with Crippen molar-refractivity contribution in [1.82, 2.24) is 0 Å². The van der Waals surface area contributed by atoms with Gasteiger partial charge in [0, 0.05) is 5.46 Å². The molecule has 0 saturated heterocycles. The summed E-state index contributed by atoms with van der Waals surface area (Å²) in [5.74, 6) is 3.70. The Bertz CT molecular complexity index is 1310. The third-order valence-electron chi connectivity index (χ3n) is 6.22. The Morgan fingerprint density at radius 1 is 0.571 bits per heavy atom. The summed E-state index contributed by atoms with van der Waals surface area (Å²) in [5, 5.41) is 0. The quantitative estimate of drug-likeness (QED) is 0.382. The Kier molecular flexibility index (Phi) is 2.65. The molecule has 0 unspecified atom stereocenters. The summed E-state index contributed by atoms with van der Waals surface area (Å²) in [6.07, 6.45) is 0.984. The van der Waals surface area contributed by atoms with Gasteiger partial charge in [-0.05, 0) is 63.9 Å². The molecule has 2 nitrogen and oxygen atoms in total. The molecule has 0 atom stereocenters. The summed E-state index contributed by atoms with van der Waals surface area (Å²) >= 11 is 0. The zero-order valence-corrected chi connectivity index (χ0v) is 15.1. The first-order valence-corrected chi connectivity index (χ1v) is 9.69. The number of hydrogen-bond donors (Lipinski definition) is 0. The fraction of sp³-hybridized carbons (Fsp3) is 0.0400. The largest absolute Gasteiger partial charge is 0.458 e. The van der Waals surface area contributed by atoms with Crippen molar-refractivity contribution in [2.24, 2.45) is 0 Å². The molecule has 3 aliphatic rings. The Morgan fingerprint density at radius 2 is 1.32 bits per heavy atom. The standard InChI is InChI=1S/C25H15BO2/c1-2-7-17-15(6-1)12-16-13-20-24(14-18(16)17)28-23-11-5-10-22-25(23)26(20)19-8-3-4-9-21(19)27-22/h1-11,13-14H,12H2. The van der Waals surface area contributed by atoms with Crippen LogP contribution in [0.1, 0.15) is 11.1 Å². The summed E-state index contributed by atoms with van der Waals surface area (Å²) < 4.78 is 12.6. The van der Waals surface area contributed by atoms with Crippen LogP contribution in [0.3, 0.4) is 0 Å². The van der Waals surface area contributed by atoms with Crippen molar-refractivity contribution in [3.05, 3.63) is 90.0 Å². The highest BCUT2D eigenvalue weighted by Gasteiger charge is 2.40. The molecule has 0 bridgehead atoms. The van der Waals surface area contributed by atoms with Gasteiger partial charge in [-0.25, -0.2) is 0 Å². The maximum Gasteiger partial charge on any atom is 0.260 e. The zero-order valence-electron chi connectivity index (χ0n) is 15.1. The normalized spacial score (nSPS) is 14.1. The van der Waals surface area contributed by atoms with E-state index in [1.807, 2.05) is 24.3 Å². The highest BCUT2D eigenvalue weighted by molar-refractivity contribution is 6.98. The van der Waals surface area contributed by atoms with E-state index >= 15 is 0 Å². The minimum atomic E-state index is 0.147. The van der Waals surface area contributed by atoms with Gasteiger partial charge >= 0.3 is 0 Å². The Morgan fingerprint density at radius 3 is 2.25 bits per heavy atom. The van der Waals surface area contributed by atoms with Crippen LogP contribution in [0.4, 0.5) is 0 Å². The summed E-state index contributed by atoms with van der Waals surface area (Å²) in [7, 11) is 0. The lowest BCUT2D eigenvalue weighted by molar-refractivity contribution is 0.464. The van der Waals surface area contributed by atoms with Crippen LogP contribution >= 0.6 is 0 Å². The summed E-state index contributed by atoms with van der Waals surface area (Å²) in [6.45, 7) is 0.147. The number of benzene rings is 4. The van der Waals surface area contributed by atoms with E-state index in [0.29, 0.717) is 0 Å². The van der Waals surface area contributed by atoms with Gasteiger partial charge in [-0.1, -0.05) is 54.6 Å². The Hall–Kier alpha value is -3.46. The van der Waals surface area contributed by atoms with Crippen LogP contribution in [-0.4, -0.2) is 6.71 Å². The van der Waals surface area contributed by atoms with Gasteiger partial charge in [0.2, 0.25) is 0 Å². The van der Waals surface area contributed by atoms with Gasteiger partial charge in [0.25, 0.3) is 6.71 Å². The topological polar surface area (TPSA) is 18.5 Å². The van der Waals surface area contributed by atoms with Gasteiger partial charge in [-0.15, -0.1) is 0 Å². The van der Waals surface area contributed by atoms with E-state index in [1.165, 1.54) is 33.2 Å². The number of para-hydroxylation sites is 1. The maximum absolute atomic E-state index is 6.40. The number of hydrogen-bond acceptors (Lipinski definition) is 2. The minimum Gasteiger partial charge on any atom is -0.458 e. The lowest BCUT2D eigenvalue weighted by Crippen LogP contribution is -2.57. The molecule has 0 N–H and O–H groups in total. The highest BCUT2D eigenvalue weighted by Crippen LogP contribution is 2.41. The molecule has 0 aromatic heterocycles. The van der Waals surface area contributed by atoms with Crippen molar-refractivity contribution in [2.75, 3.05) is 0 Å². The summed E-state index contributed by atoms with van der Waals surface area (Å²) in [4.78, 5) is 0. The van der Waals surface area contributed by atoms with E-state index in [1.54, 1.807) is 0 Å². The average molecular weight is 358 g/mol. The zero-order chi connectivity index (χ0) is 18.2. The lowest BCUT2D eigenvalue weighted by atomic mass is 9.34. The number of rotatable bonds is 0. The van der Waals surface area contributed by atoms with Crippen LogP contribution in [0.5, 0.6) is 23.0 Å². The first-order chi connectivity index (χ1) is 13.9. The van der Waals surface area contributed by atoms with Crippen molar-refractivity contribution in [1.29, 1.82) is 0 Å².